The van der Waals surface area contributed by atoms with Gasteiger partial charge in [0.2, 0.25) is 5.95 Å². The van der Waals surface area contributed by atoms with Crippen LogP contribution in [0.5, 0.6) is 5.75 Å². The van der Waals surface area contributed by atoms with Gasteiger partial charge in [-0.05, 0) is 24.3 Å². The number of rotatable bonds is 6. The Kier molecular flexibility index (Phi) is 6.38. The fourth-order valence-electron chi connectivity index (χ4n) is 2.45. The summed E-state index contributed by atoms with van der Waals surface area (Å²) in [4.78, 5) is 12.1. The molecule has 0 spiro atoms. The third kappa shape index (κ3) is 5.16. The largest absolute Gasteiger partial charge is 0.486 e. The van der Waals surface area contributed by atoms with E-state index in [4.69, 9.17) is 27.9 Å². The summed E-state index contributed by atoms with van der Waals surface area (Å²) in [6.45, 7) is -0.407. The van der Waals surface area contributed by atoms with Crippen molar-refractivity contribution in [3.05, 3.63) is 83.0 Å². The maximum Gasteiger partial charge on any atom is 0.416 e. The van der Waals surface area contributed by atoms with Crippen LogP contribution in [0.3, 0.4) is 0 Å². The summed E-state index contributed by atoms with van der Waals surface area (Å²) >= 11 is 5.91. The molecular weight excluding hydrogens is 421 g/mol. The SMILES string of the molecule is N/C(=C\N(N)c1ncc(OCc2c(Cl)cccc2C(F)(F)F)cn1)c1ccccn1. The lowest BCUT2D eigenvalue weighted by molar-refractivity contribution is -0.138. The molecule has 0 bridgehead atoms. The number of nitrogens with two attached hydrogens (primary N) is 2. The zero-order valence-electron chi connectivity index (χ0n) is 15.3. The van der Waals surface area contributed by atoms with Gasteiger partial charge in [-0.1, -0.05) is 23.7 Å². The molecule has 3 rings (SSSR count). The molecule has 1 aromatic carbocycles. The number of alkyl halides is 3. The quantitative estimate of drug-likeness (QED) is 0.448. The van der Waals surface area contributed by atoms with Crippen molar-refractivity contribution in [2.45, 2.75) is 12.8 Å². The molecular formula is C19H16ClF3N6O. The molecule has 0 radical (unpaired) electrons. The Balaban J connectivity index is 1.70. The average Bonchev–Trinajstić information content (AvgIpc) is 2.73. The third-order valence-electron chi connectivity index (χ3n) is 3.89. The molecule has 0 atom stereocenters. The number of nitrogens with zero attached hydrogens (tertiary/aromatic N) is 4. The summed E-state index contributed by atoms with van der Waals surface area (Å²) in [7, 11) is 0. The molecule has 156 valence electrons. The highest BCUT2D eigenvalue weighted by atomic mass is 35.5. The molecule has 0 aliphatic heterocycles. The first-order chi connectivity index (χ1) is 14.3. The van der Waals surface area contributed by atoms with Crippen molar-refractivity contribution in [3.8, 4) is 5.75 Å². The second kappa shape index (κ2) is 8.97. The summed E-state index contributed by atoms with van der Waals surface area (Å²) in [6, 6.07) is 8.76. The summed E-state index contributed by atoms with van der Waals surface area (Å²) in [5.41, 5.74) is 5.70. The number of hydrazine groups is 1. The van der Waals surface area contributed by atoms with Gasteiger partial charge in [-0.15, -0.1) is 0 Å². The van der Waals surface area contributed by atoms with Crippen LogP contribution in [0.2, 0.25) is 5.02 Å². The van der Waals surface area contributed by atoms with Crippen LogP contribution in [0.25, 0.3) is 5.70 Å². The van der Waals surface area contributed by atoms with Gasteiger partial charge in [-0.3, -0.25) is 9.99 Å². The summed E-state index contributed by atoms with van der Waals surface area (Å²) in [5.74, 6) is 6.11. The van der Waals surface area contributed by atoms with Crippen molar-refractivity contribution in [3.63, 3.8) is 0 Å². The Morgan fingerprint density at radius 3 is 2.47 bits per heavy atom. The van der Waals surface area contributed by atoms with Crippen molar-refractivity contribution < 1.29 is 17.9 Å². The molecule has 30 heavy (non-hydrogen) atoms. The van der Waals surface area contributed by atoms with Crippen LogP contribution in [-0.2, 0) is 12.8 Å². The van der Waals surface area contributed by atoms with E-state index >= 15 is 0 Å². The fraction of sp³-hybridized carbons (Fsp3) is 0.105. The highest BCUT2D eigenvalue weighted by Gasteiger charge is 2.34. The van der Waals surface area contributed by atoms with E-state index in [9.17, 15) is 13.2 Å². The maximum absolute atomic E-state index is 13.1. The van der Waals surface area contributed by atoms with Crippen LogP contribution in [0, 0.1) is 0 Å². The van der Waals surface area contributed by atoms with Crippen molar-refractivity contribution in [2.75, 3.05) is 5.01 Å². The van der Waals surface area contributed by atoms with Crippen molar-refractivity contribution in [2.24, 2.45) is 11.6 Å². The fourth-order valence-corrected chi connectivity index (χ4v) is 2.68. The molecule has 7 nitrogen and oxygen atoms in total. The Bertz CT molecular complexity index is 1030. The molecule has 0 saturated heterocycles. The van der Waals surface area contributed by atoms with E-state index in [0.717, 1.165) is 11.1 Å². The van der Waals surface area contributed by atoms with Crippen LogP contribution in [-0.4, -0.2) is 15.0 Å². The Labute approximate surface area is 174 Å². The first kappa shape index (κ1) is 21.3. The second-order valence-corrected chi connectivity index (χ2v) is 6.39. The second-order valence-electron chi connectivity index (χ2n) is 5.98. The van der Waals surface area contributed by atoms with E-state index in [0.29, 0.717) is 11.4 Å². The molecule has 0 aliphatic carbocycles. The van der Waals surface area contributed by atoms with Crippen LogP contribution in [0.1, 0.15) is 16.8 Å². The standard InChI is InChI=1S/C19H16ClF3N6O/c20-15-5-3-4-14(19(21,22)23)13(15)11-30-12-8-27-18(28-9-12)29(25)10-16(24)17-6-1-2-7-26-17/h1-10H,11,24-25H2/b16-10-. The van der Waals surface area contributed by atoms with Crippen LogP contribution in [0.4, 0.5) is 19.1 Å². The van der Waals surface area contributed by atoms with Crippen LogP contribution < -0.4 is 21.3 Å². The molecule has 3 aromatic rings. The average molecular weight is 437 g/mol. The maximum atomic E-state index is 13.1. The normalized spacial score (nSPS) is 12.0. The summed E-state index contributed by atoms with van der Waals surface area (Å²) < 4.78 is 44.8. The van der Waals surface area contributed by atoms with Gasteiger partial charge in [-0.2, -0.15) is 13.2 Å². The lowest BCUT2D eigenvalue weighted by atomic mass is 10.1. The minimum Gasteiger partial charge on any atom is -0.486 e. The molecule has 0 fully saturated rings. The van der Waals surface area contributed by atoms with E-state index in [1.54, 1.807) is 24.4 Å². The Morgan fingerprint density at radius 1 is 1.10 bits per heavy atom. The number of anilines is 1. The van der Waals surface area contributed by atoms with E-state index in [-0.39, 0.29) is 22.3 Å². The number of hydrogen-bond donors (Lipinski definition) is 2. The first-order valence-electron chi connectivity index (χ1n) is 8.48. The molecule has 2 heterocycles. The predicted molar refractivity (Wildman–Crippen MR) is 106 cm³/mol. The molecule has 2 aromatic heterocycles. The lowest BCUT2D eigenvalue weighted by Gasteiger charge is -2.15. The van der Waals surface area contributed by atoms with Gasteiger partial charge in [0.1, 0.15) is 6.61 Å². The van der Waals surface area contributed by atoms with Gasteiger partial charge < -0.3 is 10.5 Å². The van der Waals surface area contributed by atoms with Crippen LogP contribution >= 0.6 is 11.6 Å². The van der Waals surface area contributed by atoms with Gasteiger partial charge in [0.15, 0.2) is 5.75 Å². The van der Waals surface area contributed by atoms with Crippen molar-refractivity contribution in [1.82, 2.24) is 15.0 Å². The van der Waals surface area contributed by atoms with E-state index in [1.165, 1.54) is 30.7 Å². The van der Waals surface area contributed by atoms with Gasteiger partial charge >= 0.3 is 6.18 Å². The van der Waals surface area contributed by atoms with Gasteiger partial charge in [-0.25, -0.2) is 15.8 Å². The third-order valence-corrected chi connectivity index (χ3v) is 4.25. The zero-order chi connectivity index (χ0) is 21.7. The summed E-state index contributed by atoms with van der Waals surface area (Å²) in [6.07, 6.45) is 0.971. The molecule has 0 aliphatic rings. The van der Waals surface area contributed by atoms with Crippen molar-refractivity contribution >= 4 is 23.2 Å². The monoisotopic (exact) mass is 436 g/mol. The first-order valence-corrected chi connectivity index (χ1v) is 8.85. The number of ether oxygens (including phenoxy) is 1. The molecule has 0 unspecified atom stereocenters. The van der Waals surface area contributed by atoms with E-state index in [2.05, 4.69) is 15.0 Å². The number of aromatic nitrogens is 3. The zero-order valence-corrected chi connectivity index (χ0v) is 16.1. The van der Waals surface area contributed by atoms with E-state index in [1.807, 2.05) is 0 Å². The smallest absolute Gasteiger partial charge is 0.416 e. The van der Waals surface area contributed by atoms with Gasteiger partial charge in [0, 0.05) is 23.0 Å². The predicted octanol–water partition coefficient (Wildman–Crippen LogP) is 3.76. The Morgan fingerprint density at radius 2 is 1.83 bits per heavy atom. The van der Waals surface area contributed by atoms with Gasteiger partial charge in [0.05, 0.1) is 29.3 Å². The highest BCUT2D eigenvalue weighted by molar-refractivity contribution is 6.31. The lowest BCUT2D eigenvalue weighted by Crippen LogP contribution is -2.27. The number of hydrogen-bond acceptors (Lipinski definition) is 7. The molecule has 11 heteroatoms. The van der Waals surface area contributed by atoms with Crippen LogP contribution in [0.15, 0.2) is 61.2 Å². The highest BCUT2D eigenvalue weighted by Crippen LogP contribution is 2.35. The number of pyridine rings is 1. The molecule has 0 amide bonds. The number of halogens is 4. The van der Waals surface area contributed by atoms with Crippen molar-refractivity contribution in [1.29, 1.82) is 0 Å². The Hall–Kier alpha value is -3.37. The molecule has 4 N–H and O–H groups in total. The summed E-state index contributed by atoms with van der Waals surface area (Å²) in [5, 5.41) is 1.04. The molecule has 0 saturated carbocycles. The minimum atomic E-state index is -4.55. The van der Waals surface area contributed by atoms with Gasteiger partial charge in [0.25, 0.3) is 0 Å². The van der Waals surface area contributed by atoms with E-state index < -0.39 is 18.3 Å². The minimum absolute atomic E-state index is 0.0503. The topological polar surface area (TPSA) is 103 Å². The number of benzene rings is 1.